The molecule has 0 fully saturated rings. The van der Waals surface area contributed by atoms with Crippen molar-refractivity contribution in [1.29, 1.82) is 0 Å². The molecular formula is C17H17N3O4S. The number of benzene rings is 1. The lowest BCUT2D eigenvalue weighted by molar-refractivity contribution is -0.116. The third-order valence-corrected chi connectivity index (χ3v) is 4.61. The molecule has 1 amide bonds. The summed E-state index contributed by atoms with van der Waals surface area (Å²) in [5.74, 6) is 0.187. The van der Waals surface area contributed by atoms with Crippen molar-refractivity contribution < 1.29 is 9.53 Å². The highest BCUT2D eigenvalue weighted by Crippen LogP contribution is 2.23. The Kier molecular flexibility index (Phi) is 4.71. The number of aromatic nitrogens is 2. The van der Waals surface area contributed by atoms with Gasteiger partial charge in [0.05, 0.1) is 17.8 Å². The lowest BCUT2D eigenvalue weighted by Gasteiger charge is -2.13. The minimum absolute atomic E-state index is 0.194. The molecule has 0 atom stereocenters. The van der Waals surface area contributed by atoms with Gasteiger partial charge in [-0.2, -0.15) is 0 Å². The first-order valence-corrected chi connectivity index (χ1v) is 8.59. The Labute approximate surface area is 147 Å². The molecule has 25 heavy (non-hydrogen) atoms. The number of thiophene rings is 1. The molecule has 0 bridgehead atoms. The fourth-order valence-electron chi connectivity index (χ4n) is 2.54. The molecule has 8 heteroatoms. The molecule has 0 spiro atoms. The maximum Gasteiger partial charge on any atom is 0.331 e. The fourth-order valence-corrected chi connectivity index (χ4v) is 3.41. The molecule has 130 valence electrons. The first kappa shape index (κ1) is 17.0. The number of fused-ring (bicyclic) bond motifs is 1. The first-order valence-electron chi connectivity index (χ1n) is 7.71. The molecule has 0 saturated heterocycles. The van der Waals surface area contributed by atoms with Crippen molar-refractivity contribution in [2.45, 2.75) is 13.5 Å². The normalized spacial score (nSPS) is 10.8. The predicted molar refractivity (Wildman–Crippen MR) is 97.6 cm³/mol. The van der Waals surface area contributed by atoms with Crippen LogP contribution in [0, 0.1) is 0 Å². The van der Waals surface area contributed by atoms with Gasteiger partial charge in [0.25, 0.3) is 5.56 Å². The van der Waals surface area contributed by atoms with Gasteiger partial charge in [0.1, 0.15) is 17.0 Å². The number of amides is 1. The van der Waals surface area contributed by atoms with Crippen LogP contribution in [0.2, 0.25) is 0 Å². The van der Waals surface area contributed by atoms with Crippen LogP contribution in [0.3, 0.4) is 0 Å². The van der Waals surface area contributed by atoms with Crippen LogP contribution in [0.5, 0.6) is 5.75 Å². The van der Waals surface area contributed by atoms with Crippen molar-refractivity contribution in [2.24, 2.45) is 7.05 Å². The summed E-state index contributed by atoms with van der Waals surface area (Å²) in [5, 5.41) is 4.48. The van der Waals surface area contributed by atoms with Crippen LogP contribution in [0.1, 0.15) is 6.92 Å². The molecule has 1 N–H and O–H groups in total. The zero-order valence-electron chi connectivity index (χ0n) is 13.8. The van der Waals surface area contributed by atoms with Crippen molar-refractivity contribution in [3.63, 3.8) is 0 Å². The number of hydrogen-bond acceptors (Lipinski definition) is 5. The third-order valence-electron chi connectivity index (χ3n) is 3.71. The van der Waals surface area contributed by atoms with E-state index in [4.69, 9.17) is 4.74 Å². The summed E-state index contributed by atoms with van der Waals surface area (Å²) in [6.07, 6.45) is 0. The molecule has 3 rings (SSSR count). The zero-order chi connectivity index (χ0) is 18.0. The zero-order valence-corrected chi connectivity index (χ0v) is 14.6. The van der Waals surface area contributed by atoms with Crippen molar-refractivity contribution in [3.05, 3.63) is 56.5 Å². The number of anilines is 1. The number of ether oxygens (including phenoxy) is 1. The van der Waals surface area contributed by atoms with Gasteiger partial charge in [-0.25, -0.2) is 4.79 Å². The van der Waals surface area contributed by atoms with Crippen molar-refractivity contribution >= 4 is 33.1 Å². The van der Waals surface area contributed by atoms with Crippen LogP contribution in [-0.2, 0) is 18.4 Å². The highest BCUT2D eigenvalue weighted by atomic mass is 32.1. The van der Waals surface area contributed by atoms with Crippen LogP contribution in [0.15, 0.2) is 45.3 Å². The van der Waals surface area contributed by atoms with Gasteiger partial charge in [-0.1, -0.05) is 12.1 Å². The van der Waals surface area contributed by atoms with E-state index >= 15 is 0 Å². The molecule has 2 aromatic heterocycles. The number of para-hydroxylation sites is 2. The maximum atomic E-state index is 12.4. The molecule has 7 nitrogen and oxygen atoms in total. The summed E-state index contributed by atoms with van der Waals surface area (Å²) in [4.78, 5) is 36.9. The van der Waals surface area contributed by atoms with E-state index in [0.29, 0.717) is 28.3 Å². The Morgan fingerprint density at radius 1 is 1.24 bits per heavy atom. The summed E-state index contributed by atoms with van der Waals surface area (Å²) < 4.78 is 8.24. The second kappa shape index (κ2) is 6.94. The number of carbonyl (C=O) groups excluding carboxylic acids is 1. The Balaban J connectivity index is 1.93. The fraction of sp³-hybridized carbons (Fsp3) is 0.235. The van der Waals surface area contributed by atoms with E-state index in [-0.39, 0.29) is 18.0 Å². The van der Waals surface area contributed by atoms with Crippen molar-refractivity contribution in [2.75, 3.05) is 11.9 Å². The lowest BCUT2D eigenvalue weighted by Crippen LogP contribution is -2.39. The van der Waals surface area contributed by atoms with Gasteiger partial charge in [0, 0.05) is 7.05 Å². The van der Waals surface area contributed by atoms with Gasteiger partial charge in [0.2, 0.25) is 5.91 Å². The van der Waals surface area contributed by atoms with E-state index < -0.39 is 5.69 Å². The third kappa shape index (κ3) is 3.20. The predicted octanol–water partition coefficient (Wildman–Crippen LogP) is 1.80. The topological polar surface area (TPSA) is 82.3 Å². The summed E-state index contributed by atoms with van der Waals surface area (Å²) in [6, 6.07) is 8.76. The SMILES string of the molecule is CCOc1ccccc1NC(=O)Cn1c(=O)n(C)c(=O)c2sccc21. The highest BCUT2D eigenvalue weighted by molar-refractivity contribution is 7.17. The van der Waals surface area contributed by atoms with Crippen LogP contribution in [0.4, 0.5) is 5.69 Å². The van der Waals surface area contributed by atoms with E-state index in [1.54, 1.807) is 29.6 Å². The minimum atomic E-state index is -0.524. The van der Waals surface area contributed by atoms with Crippen LogP contribution in [-0.4, -0.2) is 21.6 Å². The van der Waals surface area contributed by atoms with Gasteiger partial charge in [-0.05, 0) is 30.5 Å². The lowest BCUT2D eigenvalue weighted by atomic mass is 10.3. The Morgan fingerprint density at radius 2 is 2.00 bits per heavy atom. The summed E-state index contributed by atoms with van der Waals surface area (Å²) in [7, 11) is 1.41. The van der Waals surface area contributed by atoms with E-state index in [2.05, 4.69) is 5.32 Å². The molecule has 1 aromatic carbocycles. The Hall–Kier alpha value is -2.87. The summed E-state index contributed by atoms with van der Waals surface area (Å²) >= 11 is 1.25. The smallest absolute Gasteiger partial charge is 0.331 e. The molecular weight excluding hydrogens is 342 g/mol. The number of carbonyl (C=O) groups is 1. The molecule has 0 radical (unpaired) electrons. The quantitative estimate of drug-likeness (QED) is 0.753. The second-order valence-electron chi connectivity index (χ2n) is 5.35. The Morgan fingerprint density at radius 3 is 2.76 bits per heavy atom. The Bertz CT molecular complexity index is 1050. The van der Waals surface area contributed by atoms with E-state index in [1.165, 1.54) is 23.0 Å². The minimum Gasteiger partial charge on any atom is -0.492 e. The van der Waals surface area contributed by atoms with Gasteiger partial charge in [0.15, 0.2) is 0 Å². The second-order valence-corrected chi connectivity index (χ2v) is 6.26. The molecule has 0 unspecified atom stereocenters. The molecule has 2 heterocycles. The van der Waals surface area contributed by atoms with Crippen molar-refractivity contribution in [1.82, 2.24) is 9.13 Å². The molecule has 3 aromatic rings. The number of nitrogens with one attached hydrogen (secondary N) is 1. The average Bonchev–Trinajstić information content (AvgIpc) is 3.08. The first-order chi connectivity index (χ1) is 12.0. The largest absolute Gasteiger partial charge is 0.492 e. The van der Waals surface area contributed by atoms with E-state index in [1.807, 2.05) is 13.0 Å². The van der Waals surface area contributed by atoms with Crippen molar-refractivity contribution in [3.8, 4) is 5.75 Å². The molecule has 0 saturated carbocycles. The highest BCUT2D eigenvalue weighted by Gasteiger charge is 2.15. The summed E-state index contributed by atoms with van der Waals surface area (Å²) in [6.45, 7) is 2.14. The van der Waals surface area contributed by atoms with E-state index in [9.17, 15) is 14.4 Å². The average molecular weight is 359 g/mol. The molecule has 0 aliphatic rings. The van der Waals surface area contributed by atoms with Crippen LogP contribution >= 0.6 is 11.3 Å². The van der Waals surface area contributed by atoms with Gasteiger partial charge in [-0.3, -0.25) is 18.7 Å². The van der Waals surface area contributed by atoms with Crippen LogP contribution < -0.4 is 21.3 Å². The number of hydrogen-bond donors (Lipinski definition) is 1. The summed E-state index contributed by atoms with van der Waals surface area (Å²) in [5.41, 5.74) is 0.123. The molecule has 0 aliphatic carbocycles. The van der Waals surface area contributed by atoms with Gasteiger partial charge >= 0.3 is 5.69 Å². The standard InChI is InChI=1S/C17H17N3O4S/c1-3-24-13-7-5-4-6-11(13)18-14(21)10-20-12-8-9-25-15(12)16(22)19(2)17(20)23/h4-9H,3,10H2,1-2H3,(H,18,21). The van der Waals surface area contributed by atoms with Gasteiger partial charge < -0.3 is 10.1 Å². The number of nitrogens with zero attached hydrogens (tertiary/aromatic N) is 2. The van der Waals surface area contributed by atoms with Gasteiger partial charge in [-0.15, -0.1) is 11.3 Å². The van der Waals surface area contributed by atoms with Crippen LogP contribution in [0.25, 0.3) is 10.2 Å². The molecule has 0 aliphatic heterocycles. The monoisotopic (exact) mass is 359 g/mol. The maximum absolute atomic E-state index is 12.4. The number of rotatable bonds is 5. The van der Waals surface area contributed by atoms with E-state index in [0.717, 1.165) is 4.57 Å².